The van der Waals surface area contributed by atoms with Gasteiger partial charge in [-0.15, -0.1) is 0 Å². The molecule has 9 nitrogen and oxygen atoms in total. The number of carbonyl (C=O) groups excluding carboxylic acids is 1. The van der Waals surface area contributed by atoms with Crippen LogP contribution in [0.25, 0.3) is 0 Å². The van der Waals surface area contributed by atoms with Gasteiger partial charge in [0.05, 0.1) is 27.7 Å². The molecule has 1 amide bonds. The lowest BCUT2D eigenvalue weighted by Crippen LogP contribution is -2.39. The number of aromatic nitrogens is 2. The zero-order valence-electron chi connectivity index (χ0n) is 25.0. The van der Waals surface area contributed by atoms with Crippen LogP contribution in [0.15, 0.2) is 41.4 Å². The third-order valence-corrected chi connectivity index (χ3v) is 11.1. The summed E-state index contributed by atoms with van der Waals surface area (Å²) >= 11 is 6.46. The van der Waals surface area contributed by atoms with Crippen LogP contribution in [0.3, 0.4) is 0 Å². The Morgan fingerprint density at radius 1 is 1.09 bits per heavy atom. The van der Waals surface area contributed by atoms with E-state index in [2.05, 4.69) is 45.4 Å². The van der Waals surface area contributed by atoms with Crippen molar-refractivity contribution < 1.29 is 17.9 Å². The van der Waals surface area contributed by atoms with E-state index >= 15 is 0 Å². The van der Waals surface area contributed by atoms with Gasteiger partial charge >= 0.3 is 0 Å². The maximum absolute atomic E-state index is 13.0. The standard InChI is InChI=1S/C32H38ClN5O4S/c1-18(2)43(40,41)27-8-6-5-7-25(27)35-30-24(33)17-34-32(37-30)36-26-15-19(3)28(23-16-20(4)42-29(23)26)21-11-13-38(14-12-21)31(39)22-9-10-22/h5-8,15,17-18,20-22H,9-14,16H2,1-4H3,(H2,34,35,36,37). The third-order valence-electron chi connectivity index (χ3n) is 8.64. The minimum Gasteiger partial charge on any atom is -0.488 e. The summed E-state index contributed by atoms with van der Waals surface area (Å²) in [6, 6.07) is 8.81. The second-order valence-corrected chi connectivity index (χ2v) is 15.1. The highest BCUT2D eigenvalue weighted by molar-refractivity contribution is 7.92. The molecule has 3 aliphatic rings. The van der Waals surface area contributed by atoms with E-state index in [4.69, 9.17) is 16.3 Å². The first-order valence-electron chi connectivity index (χ1n) is 15.0. The average Bonchev–Trinajstić information content (AvgIpc) is 3.76. The molecule has 1 aliphatic carbocycles. The van der Waals surface area contributed by atoms with Gasteiger partial charge in [-0.2, -0.15) is 4.98 Å². The van der Waals surface area contributed by atoms with Crippen molar-refractivity contribution in [3.63, 3.8) is 0 Å². The van der Waals surface area contributed by atoms with Crippen molar-refractivity contribution in [3.8, 4) is 5.75 Å². The van der Waals surface area contributed by atoms with Crippen LogP contribution in [-0.4, -0.2) is 53.6 Å². The van der Waals surface area contributed by atoms with Crippen LogP contribution in [0.1, 0.15) is 69.1 Å². The predicted octanol–water partition coefficient (Wildman–Crippen LogP) is 6.55. The van der Waals surface area contributed by atoms with Gasteiger partial charge in [-0.1, -0.05) is 23.7 Å². The fourth-order valence-corrected chi connectivity index (χ4v) is 7.56. The van der Waals surface area contributed by atoms with Crippen LogP contribution >= 0.6 is 11.6 Å². The summed E-state index contributed by atoms with van der Waals surface area (Å²) in [6.45, 7) is 9.12. The number of piperidine rings is 1. The van der Waals surface area contributed by atoms with Crippen LogP contribution in [0, 0.1) is 12.8 Å². The van der Waals surface area contributed by atoms with Gasteiger partial charge in [0.2, 0.25) is 11.9 Å². The molecular weight excluding hydrogens is 586 g/mol. The molecule has 3 heterocycles. The highest BCUT2D eigenvalue weighted by atomic mass is 35.5. The highest BCUT2D eigenvalue weighted by Gasteiger charge is 2.37. The number of anilines is 4. The Bertz CT molecular complexity index is 1670. The minimum absolute atomic E-state index is 0.0374. The monoisotopic (exact) mass is 623 g/mol. The molecule has 228 valence electrons. The fraction of sp³-hybridized carbons (Fsp3) is 0.469. The summed E-state index contributed by atoms with van der Waals surface area (Å²) in [5, 5.41) is 6.13. The number of aryl methyl sites for hydroxylation is 1. The number of ether oxygens (including phenoxy) is 1. The molecule has 1 atom stereocenters. The quantitative estimate of drug-likeness (QED) is 0.291. The van der Waals surface area contributed by atoms with Gasteiger partial charge in [0.15, 0.2) is 15.7 Å². The van der Waals surface area contributed by atoms with Gasteiger partial charge in [-0.25, -0.2) is 13.4 Å². The number of para-hydroxylation sites is 1. The molecule has 11 heteroatoms. The smallest absolute Gasteiger partial charge is 0.229 e. The van der Waals surface area contributed by atoms with Crippen LogP contribution in [0.4, 0.5) is 23.1 Å². The maximum Gasteiger partial charge on any atom is 0.229 e. The number of halogens is 1. The van der Waals surface area contributed by atoms with E-state index in [0.717, 1.165) is 56.6 Å². The van der Waals surface area contributed by atoms with Crippen LogP contribution in [0.5, 0.6) is 5.75 Å². The maximum atomic E-state index is 13.0. The van der Waals surface area contributed by atoms with E-state index in [1.165, 1.54) is 22.9 Å². The molecule has 2 fully saturated rings. The van der Waals surface area contributed by atoms with Crippen molar-refractivity contribution in [3.05, 3.63) is 58.2 Å². The van der Waals surface area contributed by atoms with Gasteiger partial charge < -0.3 is 20.3 Å². The molecule has 43 heavy (non-hydrogen) atoms. The number of nitrogens with one attached hydrogen (secondary N) is 2. The Balaban J connectivity index is 1.26. The lowest BCUT2D eigenvalue weighted by molar-refractivity contribution is -0.133. The molecule has 0 spiro atoms. The van der Waals surface area contributed by atoms with Crippen molar-refractivity contribution in [2.24, 2.45) is 5.92 Å². The first-order chi connectivity index (χ1) is 20.5. The number of fused-ring (bicyclic) bond motifs is 1. The minimum atomic E-state index is -3.54. The molecule has 1 unspecified atom stereocenters. The Labute approximate surface area is 258 Å². The summed E-state index contributed by atoms with van der Waals surface area (Å²) in [6.07, 6.45) is 6.33. The van der Waals surface area contributed by atoms with E-state index in [1.54, 1.807) is 38.1 Å². The largest absolute Gasteiger partial charge is 0.488 e. The number of amides is 1. The number of rotatable bonds is 8. The number of nitrogens with zero attached hydrogens (tertiary/aromatic N) is 3. The van der Waals surface area contributed by atoms with E-state index in [9.17, 15) is 13.2 Å². The van der Waals surface area contributed by atoms with Crippen molar-refractivity contribution in [2.75, 3.05) is 23.7 Å². The molecule has 3 aromatic rings. The van der Waals surface area contributed by atoms with Crippen molar-refractivity contribution in [1.82, 2.24) is 14.9 Å². The summed E-state index contributed by atoms with van der Waals surface area (Å²) in [5.74, 6) is 2.38. The van der Waals surface area contributed by atoms with E-state index in [0.29, 0.717) is 23.5 Å². The zero-order chi connectivity index (χ0) is 30.5. The first kappa shape index (κ1) is 29.7. The predicted molar refractivity (Wildman–Crippen MR) is 169 cm³/mol. The SMILES string of the molecule is Cc1cc(Nc2ncc(Cl)c(Nc3ccccc3S(=O)(=O)C(C)C)n2)c2c(c1C1CCN(C(=O)C3CC3)CC1)CC(C)O2. The molecular formula is C32H38ClN5O4S. The Kier molecular flexibility index (Phi) is 8.02. The van der Waals surface area contributed by atoms with Gasteiger partial charge in [0.1, 0.15) is 16.9 Å². The molecule has 2 aromatic carbocycles. The lowest BCUT2D eigenvalue weighted by Gasteiger charge is -2.34. The zero-order valence-corrected chi connectivity index (χ0v) is 26.6. The Morgan fingerprint density at radius 3 is 2.51 bits per heavy atom. The number of benzene rings is 2. The first-order valence-corrected chi connectivity index (χ1v) is 17.0. The Morgan fingerprint density at radius 2 is 1.81 bits per heavy atom. The van der Waals surface area contributed by atoms with Gasteiger partial charge in [0.25, 0.3) is 0 Å². The number of hydrogen-bond donors (Lipinski definition) is 2. The average molecular weight is 624 g/mol. The molecule has 0 radical (unpaired) electrons. The second kappa shape index (κ2) is 11.6. The van der Waals surface area contributed by atoms with E-state index in [-0.39, 0.29) is 27.8 Å². The van der Waals surface area contributed by atoms with Gasteiger partial charge in [-0.05, 0) is 88.6 Å². The van der Waals surface area contributed by atoms with Crippen molar-refractivity contribution in [2.45, 2.75) is 82.0 Å². The van der Waals surface area contributed by atoms with E-state index < -0.39 is 15.1 Å². The molecule has 2 N–H and O–H groups in total. The van der Waals surface area contributed by atoms with Crippen molar-refractivity contribution >= 4 is 50.5 Å². The topological polar surface area (TPSA) is 114 Å². The third kappa shape index (κ3) is 5.91. The molecule has 2 aliphatic heterocycles. The van der Waals surface area contributed by atoms with E-state index in [1.807, 2.05) is 0 Å². The number of hydrogen-bond acceptors (Lipinski definition) is 8. The second-order valence-electron chi connectivity index (χ2n) is 12.2. The molecule has 6 rings (SSSR count). The van der Waals surface area contributed by atoms with Gasteiger partial charge in [0, 0.05) is 31.0 Å². The number of carbonyl (C=O) groups is 1. The normalized spacial score (nSPS) is 18.8. The van der Waals surface area contributed by atoms with Crippen LogP contribution in [-0.2, 0) is 21.1 Å². The number of sulfone groups is 1. The molecule has 1 aromatic heterocycles. The molecule has 1 saturated carbocycles. The summed E-state index contributed by atoms with van der Waals surface area (Å²) < 4.78 is 32.3. The number of likely N-dealkylation sites (tertiary alicyclic amines) is 1. The fourth-order valence-electron chi connectivity index (χ4n) is 6.22. The lowest BCUT2D eigenvalue weighted by atomic mass is 9.82. The van der Waals surface area contributed by atoms with Crippen molar-refractivity contribution in [1.29, 1.82) is 0 Å². The molecule has 0 bridgehead atoms. The van der Waals surface area contributed by atoms with Crippen LogP contribution in [0.2, 0.25) is 5.02 Å². The van der Waals surface area contributed by atoms with Crippen LogP contribution < -0.4 is 15.4 Å². The summed E-state index contributed by atoms with van der Waals surface area (Å²) in [5.41, 5.74) is 4.89. The summed E-state index contributed by atoms with van der Waals surface area (Å²) in [7, 11) is -3.54. The molecule has 1 saturated heterocycles. The summed E-state index contributed by atoms with van der Waals surface area (Å²) in [4.78, 5) is 23.8. The van der Waals surface area contributed by atoms with Gasteiger partial charge in [-0.3, -0.25) is 4.79 Å². The Hall–Kier alpha value is -3.37. The highest BCUT2D eigenvalue weighted by Crippen LogP contribution is 2.46.